The van der Waals surface area contributed by atoms with Crippen molar-refractivity contribution in [1.29, 1.82) is 0 Å². The highest BCUT2D eigenvalue weighted by atomic mass is 16.5. The molecule has 0 radical (unpaired) electrons. The van der Waals surface area contributed by atoms with Crippen LogP contribution in [-0.2, 0) is 4.79 Å². The Labute approximate surface area is 119 Å². The van der Waals surface area contributed by atoms with E-state index in [1.165, 1.54) is 0 Å². The molecule has 0 spiro atoms. The highest BCUT2D eigenvalue weighted by molar-refractivity contribution is 6.03. The highest BCUT2D eigenvalue weighted by Crippen LogP contribution is 2.29. The van der Waals surface area contributed by atoms with E-state index in [9.17, 15) is 4.79 Å². The fourth-order valence-corrected chi connectivity index (χ4v) is 2.20. The zero-order chi connectivity index (χ0) is 14.5. The van der Waals surface area contributed by atoms with Gasteiger partial charge in [0.05, 0.1) is 26.5 Å². The number of nitrogens with zero attached hydrogens (tertiary/aromatic N) is 2. The minimum absolute atomic E-state index is 0.0861. The van der Waals surface area contributed by atoms with E-state index < -0.39 is 0 Å². The second-order valence-electron chi connectivity index (χ2n) is 4.63. The molecule has 0 saturated heterocycles. The molecule has 1 aromatic rings. The Balaban J connectivity index is 2.20. The Morgan fingerprint density at radius 3 is 2.70 bits per heavy atom. The number of carbonyl (C=O) groups excluding carboxylic acids is 1. The SMILES string of the molecule is CCCC(=O)N1CCC(c2ccc(OC)c(OC)c2)=N1. The number of ether oxygens (including phenoxy) is 2. The Morgan fingerprint density at radius 1 is 1.30 bits per heavy atom. The molecule has 20 heavy (non-hydrogen) atoms. The summed E-state index contributed by atoms with van der Waals surface area (Å²) in [6, 6.07) is 5.69. The topological polar surface area (TPSA) is 51.1 Å². The van der Waals surface area contributed by atoms with Crippen LogP contribution in [0.4, 0.5) is 0 Å². The predicted molar refractivity (Wildman–Crippen MR) is 77.3 cm³/mol. The van der Waals surface area contributed by atoms with Gasteiger partial charge in [0, 0.05) is 18.4 Å². The molecule has 0 aromatic heterocycles. The fourth-order valence-electron chi connectivity index (χ4n) is 2.20. The summed E-state index contributed by atoms with van der Waals surface area (Å²) >= 11 is 0. The van der Waals surface area contributed by atoms with Crippen LogP contribution in [0.5, 0.6) is 11.5 Å². The molecule has 1 amide bonds. The predicted octanol–water partition coefficient (Wildman–Crippen LogP) is 2.44. The molecule has 0 unspecified atom stereocenters. The quantitative estimate of drug-likeness (QED) is 0.830. The summed E-state index contributed by atoms with van der Waals surface area (Å²) < 4.78 is 10.5. The van der Waals surface area contributed by atoms with Gasteiger partial charge in [0.15, 0.2) is 11.5 Å². The summed E-state index contributed by atoms with van der Waals surface area (Å²) in [5.74, 6) is 1.45. The first-order valence-corrected chi connectivity index (χ1v) is 6.79. The van der Waals surface area contributed by atoms with Crippen molar-refractivity contribution in [2.45, 2.75) is 26.2 Å². The van der Waals surface area contributed by atoms with Crippen LogP contribution in [0.15, 0.2) is 23.3 Å². The van der Waals surface area contributed by atoms with Crippen molar-refractivity contribution in [3.63, 3.8) is 0 Å². The van der Waals surface area contributed by atoms with Crippen molar-refractivity contribution in [1.82, 2.24) is 5.01 Å². The average molecular weight is 276 g/mol. The number of hydrogen-bond donors (Lipinski definition) is 0. The lowest BCUT2D eigenvalue weighted by molar-refractivity contribution is -0.130. The number of methoxy groups -OCH3 is 2. The minimum Gasteiger partial charge on any atom is -0.493 e. The van der Waals surface area contributed by atoms with E-state index in [1.807, 2.05) is 25.1 Å². The van der Waals surface area contributed by atoms with Gasteiger partial charge in [-0.15, -0.1) is 0 Å². The zero-order valence-electron chi connectivity index (χ0n) is 12.2. The molecule has 1 heterocycles. The number of hydrogen-bond acceptors (Lipinski definition) is 4. The molecule has 2 rings (SSSR count). The monoisotopic (exact) mass is 276 g/mol. The minimum atomic E-state index is 0.0861. The second kappa shape index (κ2) is 6.41. The van der Waals surface area contributed by atoms with Crippen LogP contribution in [0.25, 0.3) is 0 Å². The van der Waals surface area contributed by atoms with Crippen LogP contribution in [0.2, 0.25) is 0 Å². The van der Waals surface area contributed by atoms with Gasteiger partial charge in [0.2, 0.25) is 5.91 Å². The summed E-state index contributed by atoms with van der Waals surface area (Å²) in [4.78, 5) is 11.8. The fraction of sp³-hybridized carbons (Fsp3) is 0.467. The third-order valence-corrected chi connectivity index (χ3v) is 3.27. The lowest BCUT2D eigenvalue weighted by Crippen LogP contribution is -2.22. The average Bonchev–Trinajstić information content (AvgIpc) is 2.96. The maximum absolute atomic E-state index is 11.8. The molecule has 1 aliphatic rings. The Hall–Kier alpha value is -2.04. The van der Waals surface area contributed by atoms with E-state index >= 15 is 0 Å². The van der Waals surface area contributed by atoms with Crippen LogP contribution in [0, 0.1) is 0 Å². The van der Waals surface area contributed by atoms with E-state index in [0.717, 1.165) is 24.1 Å². The van der Waals surface area contributed by atoms with Gasteiger partial charge in [0.25, 0.3) is 0 Å². The van der Waals surface area contributed by atoms with Crippen molar-refractivity contribution in [3.8, 4) is 11.5 Å². The third-order valence-electron chi connectivity index (χ3n) is 3.27. The second-order valence-corrected chi connectivity index (χ2v) is 4.63. The van der Waals surface area contributed by atoms with Crippen molar-refractivity contribution in [3.05, 3.63) is 23.8 Å². The molecule has 0 saturated carbocycles. The summed E-state index contributed by atoms with van der Waals surface area (Å²) in [6.07, 6.45) is 2.16. The van der Waals surface area contributed by atoms with Crippen LogP contribution < -0.4 is 9.47 Å². The molecule has 0 atom stereocenters. The molecule has 0 N–H and O–H groups in total. The van der Waals surface area contributed by atoms with Crippen LogP contribution in [0.1, 0.15) is 31.7 Å². The summed E-state index contributed by atoms with van der Waals surface area (Å²) in [5.41, 5.74) is 1.88. The lowest BCUT2D eigenvalue weighted by atomic mass is 10.1. The normalized spacial score (nSPS) is 14.2. The van der Waals surface area contributed by atoms with Gasteiger partial charge in [-0.2, -0.15) is 5.10 Å². The van der Waals surface area contributed by atoms with Gasteiger partial charge in [-0.05, 0) is 24.6 Å². The Bertz CT molecular complexity index is 526. The summed E-state index contributed by atoms with van der Waals surface area (Å²) in [7, 11) is 3.21. The molecule has 0 bridgehead atoms. The van der Waals surface area contributed by atoms with E-state index in [0.29, 0.717) is 24.5 Å². The van der Waals surface area contributed by atoms with Gasteiger partial charge in [-0.3, -0.25) is 4.79 Å². The molecule has 0 aliphatic carbocycles. The number of hydrazone groups is 1. The largest absolute Gasteiger partial charge is 0.493 e. The molecule has 5 nitrogen and oxygen atoms in total. The van der Waals surface area contributed by atoms with Crippen molar-refractivity contribution in [2.24, 2.45) is 5.10 Å². The third kappa shape index (κ3) is 2.92. The van der Waals surface area contributed by atoms with E-state index in [1.54, 1.807) is 19.2 Å². The maximum Gasteiger partial charge on any atom is 0.242 e. The molecular weight excluding hydrogens is 256 g/mol. The molecule has 5 heteroatoms. The number of carbonyl (C=O) groups is 1. The van der Waals surface area contributed by atoms with Gasteiger partial charge < -0.3 is 9.47 Å². The van der Waals surface area contributed by atoms with Crippen LogP contribution >= 0.6 is 0 Å². The van der Waals surface area contributed by atoms with Crippen molar-refractivity contribution < 1.29 is 14.3 Å². The lowest BCUT2D eigenvalue weighted by Gasteiger charge is -2.10. The number of amides is 1. The van der Waals surface area contributed by atoms with Crippen molar-refractivity contribution in [2.75, 3.05) is 20.8 Å². The van der Waals surface area contributed by atoms with Gasteiger partial charge >= 0.3 is 0 Å². The van der Waals surface area contributed by atoms with E-state index in [4.69, 9.17) is 9.47 Å². The molecule has 0 fully saturated rings. The molecule has 108 valence electrons. The Kier molecular flexibility index (Phi) is 4.61. The number of rotatable bonds is 5. The first-order chi connectivity index (χ1) is 9.69. The summed E-state index contributed by atoms with van der Waals surface area (Å²) in [6.45, 7) is 2.65. The van der Waals surface area contributed by atoms with Crippen molar-refractivity contribution >= 4 is 11.6 Å². The molecular formula is C15H20N2O3. The smallest absolute Gasteiger partial charge is 0.242 e. The van der Waals surface area contributed by atoms with Crippen LogP contribution in [-0.4, -0.2) is 37.4 Å². The van der Waals surface area contributed by atoms with Crippen LogP contribution in [0.3, 0.4) is 0 Å². The van der Waals surface area contributed by atoms with E-state index in [2.05, 4.69) is 5.10 Å². The van der Waals surface area contributed by atoms with Gasteiger partial charge in [-0.1, -0.05) is 6.92 Å². The Morgan fingerprint density at radius 2 is 2.05 bits per heavy atom. The highest BCUT2D eigenvalue weighted by Gasteiger charge is 2.21. The number of benzene rings is 1. The van der Waals surface area contributed by atoms with Gasteiger partial charge in [0.1, 0.15) is 0 Å². The maximum atomic E-state index is 11.8. The molecule has 1 aromatic carbocycles. The first kappa shape index (κ1) is 14.4. The first-order valence-electron chi connectivity index (χ1n) is 6.79. The standard InChI is InChI=1S/C15H20N2O3/c1-4-5-15(18)17-9-8-12(16-17)11-6-7-13(19-2)14(10-11)20-3/h6-7,10H,4-5,8-9H2,1-3H3. The zero-order valence-corrected chi connectivity index (χ0v) is 12.2. The van der Waals surface area contributed by atoms with E-state index in [-0.39, 0.29) is 5.91 Å². The summed E-state index contributed by atoms with van der Waals surface area (Å²) in [5, 5.41) is 5.98. The van der Waals surface area contributed by atoms with Gasteiger partial charge in [-0.25, -0.2) is 5.01 Å². The molecule has 1 aliphatic heterocycles.